The monoisotopic (exact) mass is 351 g/mol. The smallest absolute Gasteiger partial charge is 0.250 e. The molecule has 0 radical (unpaired) electrons. The number of benzene rings is 1. The Morgan fingerprint density at radius 3 is 2.91 bits per heavy atom. The molecule has 23 heavy (non-hydrogen) atoms. The molecule has 0 amide bonds. The minimum absolute atomic E-state index is 0.0325. The Morgan fingerprint density at radius 2 is 2.09 bits per heavy atom. The van der Waals surface area contributed by atoms with Crippen molar-refractivity contribution in [1.29, 1.82) is 0 Å². The van der Waals surface area contributed by atoms with Crippen LogP contribution in [0.15, 0.2) is 39.9 Å². The molecule has 1 aromatic carbocycles. The van der Waals surface area contributed by atoms with E-state index in [4.69, 9.17) is 14.2 Å². The van der Waals surface area contributed by atoms with Crippen LogP contribution in [-0.2, 0) is 10.0 Å². The summed E-state index contributed by atoms with van der Waals surface area (Å²) in [5, 5.41) is 1.71. The summed E-state index contributed by atoms with van der Waals surface area (Å²) in [4.78, 5) is 0. The van der Waals surface area contributed by atoms with Gasteiger partial charge in [-0.05, 0) is 23.6 Å². The lowest BCUT2D eigenvalue weighted by Gasteiger charge is -2.03. The van der Waals surface area contributed by atoms with Gasteiger partial charge in [0.25, 0.3) is 10.0 Å². The molecule has 0 saturated heterocycles. The predicted molar refractivity (Wildman–Crippen MR) is 85.3 cm³/mol. The van der Waals surface area contributed by atoms with E-state index in [0.717, 1.165) is 11.3 Å². The lowest BCUT2D eigenvalue weighted by atomic mass is 10.3. The molecule has 0 aliphatic carbocycles. The quantitative estimate of drug-likeness (QED) is 0.832. The number of hydrogen-bond donors (Lipinski definition) is 1. The first-order valence-electron chi connectivity index (χ1n) is 6.66. The third-order valence-corrected chi connectivity index (χ3v) is 5.69. The number of hydrogen-bond acceptors (Lipinski definition) is 6. The van der Waals surface area contributed by atoms with Crippen LogP contribution in [0.2, 0.25) is 0 Å². The van der Waals surface area contributed by atoms with Crippen molar-refractivity contribution in [3.63, 3.8) is 0 Å². The van der Waals surface area contributed by atoms with Gasteiger partial charge in [0, 0.05) is 6.07 Å². The van der Waals surface area contributed by atoms with Gasteiger partial charge in [0.15, 0.2) is 11.5 Å². The zero-order valence-corrected chi connectivity index (χ0v) is 13.6. The van der Waals surface area contributed by atoms with Crippen LogP contribution in [0.5, 0.6) is 17.2 Å². The van der Waals surface area contributed by atoms with Crippen LogP contribution >= 0.6 is 11.3 Å². The first kappa shape index (κ1) is 15.7. The lowest BCUT2D eigenvalue weighted by molar-refractivity contribution is 0.174. The second kappa shape index (κ2) is 6.91. The third kappa shape index (κ3) is 3.96. The first-order valence-corrected chi connectivity index (χ1v) is 9.03. The highest BCUT2D eigenvalue weighted by atomic mass is 32.2. The topological polar surface area (TPSA) is 73.9 Å². The van der Waals surface area contributed by atoms with E-state index in [1.54, 1.807) is 35.7 Å². The molecule has 0 atom stereocenters. The van der Waals surface area contributed by atoms with Crippen LogP contribution in [0.4, 0.5) is 0 Å². The van der Waals surface area contributed by atoms with Crippen LogP contribution < -0.4 is 18.9 Å². The summed E-state index contributed by atoms with van der Waals surface area (Å²) in [5.74, 6) is 7.40. The van der Waals surface area contributed by atoms with Gasteiger partial charge in [-0.25, -0.2) is 8.42 Å². The Kier molecular flexibility index (Phi) is 4.71. The standard InChI is InChI=1S/C15H13NO5S2/c17-23(18,15-4-3-9-22-15)16-7-1-2-8-19-12-5-6-13-14(10-12)21-11-20-13/h3-6,9-10,16H,7-8,11H2. The van der Waals surface area contributed by atoms with Crippen molar-refractivity contribution in [1.82, 2.24) is 4.72 Å². The van der Waals surface area contributed by atoms with Gasteiger partial charge in [-0.2, -0.15) is 4.72 Å². The van der Waals surface area contributed by atoms with Crippen molar-refractivity contribution in [3.8, 4) is 29.1 Å². The molecular weight excluding hydrogens is 338 g/mol. The summed E-state index contributed by atoms with van der Waals surface area (Å²) in [6, 6.07) is 8.48. The fraction of sp³-hybridized carbons (Fsp3) is 0.200. The molecule has 0 bridgehead atoms. The number of rotatable bonds is 5. The van der Waals surface area contributed by atoms with Gasteiger partial charge in [-0.1, -0.05) is 17.9 Å². The average Bonchev–Trinajstić information content (AvgIpc) is 3.21. The largest absolute Gasteiger partial charge is 0.481 e. The Hall–Kier alpha value is -2.21. The number of fused-ring (bicyclic) bond motifs is 1. The van der Waals surface area contributed by atoms with Crippen molar-refractivity contribution >= 4 is 21.4 Å². The van der Waals surface area contributed by atoms with Crippen LogP contribution in [0, 0.1) is 11.8 Å². The molecule has 1 aliphatic heterocycles. The molecule has 2 aromatic rings. The first-order chi connectivity index (χ1) is 11.1. The van der Waals surface area contributed by atoms with Crippen LogP contribution in [0.3, 0.4) is 0 Å². The number of ether oxygens (including phenoxy) is 3. The SMILES string of the molecule is O=S(=O)(NCC#CCOc1ccc2c(c1)OCO2)c1cccs1. The van der Waals surface area contributed by atoms with Crippen molar-refractivity contribution in [3.05, 3.63) is 35.7 Å². The highest BCUT2D eigenvalue weighted by molar-refractivity contribution is 7.91. The molecule has 2 heterocycles. The highest BCUT2D eigenvalue weighted by Crippen LogP contribution is 2.34. The van der Waals surface area contributed by atoms with Gasteiger partial charge < -0.3 is 14.2 Å². The normalized spacial score (nSPS) is 12.5. The fourth-order valence-electron chi connectivity index (χ4n) is 1.82. The van der Waals surface area contributed by atoms with E-state index in [0.29, 0.717) is 17.2 Å². The molecule has 0 unspecified atom stereocenters. The molecule has 1 N–H and O–H groups in total. The van der Waals surface area contributed by atoms with Crippen LogP contribution in [-0.4, -0.2) is 28.4 Å². The molecule has 1 aliphatic rings. The van der Waals surface area contributed by atoms with Gasteiger partial charge in [0.1, 0.15) is 16.6 Å². The Bertz CT molecular complexity index is 834. The average molecular weight is 351 g/mol. The molecule has 8 heteroatoms. The van der Waals surface area contributed by atoms with Gasteiger partial charge in [0.05, 0.1) is 6.54 Å². The maximum absolute atomic E-state index is 11.8. The van der Waals surface area contributed by atoms with Gasteiger partial charge in [-0.15, -0.1) is 11.3 Å². The van der Waals surface area contributed by atoms with Crippen LogP contribution in [0.1, 0.15) is 0 Å². The minimum atomic E-state index is -3.47. The number of sulfonamides is 1. The molecule has 120 valence electrons. The highest BCUT2D eigenvalue weighted by Gasteiger charge is 2.14. The fourth-order valence-corrected chi connectivity index (χ4v) is 3.78. The van der Waals surface area contributed by atoms with Crippen LogP contribution in [0.25, 0.3) is 0 Å². The summed E-state index contributed by atoms with van der Waals surface area (Å²) < 4.78 is 42.2. The second-order valence-electron chi connectivity index (χ2n) is 4.41. The van der Waals surface area contributed by atoms with Crippen molar-refractivity contribution in [2.75, 3.05) is 19.9 Å². The van der Waals surface area contributed by atoms with E-state index in [1.165, 1.54) is 0 Å². The second-order valence-corrected chi connectivity index (χ2v) is 7.36. The molecule has 0 spiro atoms. The molecule has 0 saturated carbocycles. The van der Waals surface area contributed by atoms with E-state index < -0.39 is 10.0 Å². The maximum Gasteiger partial charge on any atom is 0.250 e. The summed E-state index contributed by atoms with van der Waals surface area (Å²) in [6.07, 6.45) is 0. The molecule has 6 nitrogen and oxygen atoms in total. The Labute approximate surface area is 138 Å². The summed E-state index contributed by atoms with van der Waals surface area (Å²) in [5.41, 5.74) is 0. The van der Waals surface area contributed by atoms with Crippen molar-refractivity contribution < 1.29 is 22.6 Å². The van der Waals surface area contributed by atoms with E-state index in [2.05, 4.69) is 16.6 Å². The zero-order valence-electron chi connectivity index (χ0n) is 11.9. The third-order valence-electron chi connectivity index (χ3n) is 2.89. The van der Waals surface area contributed by atoms with Crippen molar-refractivity contribution in [2.45, 2.75) is 4.21 Å². The lowest BCUT2D eigenvalue weighted by Crippen LogP contribution is -2.23. The van der Waals surface area contributed by atoms with E-state index in [1.807, 2.05) is 0 Å². The number of nitrogens with one attached hydrogen (secondary N) is 1. The summed E-state index contributed by atoms with van der Waals surface area (Å²) >= 11 is 1.16. The Balaban J connectivity index is 1.46. The van der Waals surface area contributed by atoms with E-state index >= 15 is 0 Å². The minimum Gasteiger partial charge on any atom is -0.481 e. The Morgan fingerprint density at radius 1 is 1.22 bits per heavy atom. The van der Waals surface area contributed by atoms with Gasteiger partial charge in [0.2, 0.25) is 6.79 Å². The predicted octanol–water partition coefficient (Wildman–Crippen LogP) is 1.84. The summed E-state index contributed by atoms with van der Waals surface area (Å²) in [6.45, 7) is 0.397. The molecule has 1 aromatic heterocycles. The zero-order chi connectivity index (χ0) is 16.1. The van der Waals surface area contributed by atoms with Gasteiger partial charge >= 0.3 is 0 Å². The number of thiophene rings is 1. The maximum atomic E-state index is 11.8. The molecule has 3 rings (SSSR count). The van der Waals surface area contributed by atoms with Crippen molar-refractivity contribution in [2.24, 2.45) is 0 Å². The molecular formula is C15H13NO5S2. The molecule has 0 fully saturated rings. The van der Waals surface area contributed by atoms with E-state index in [-0.39, 0.29) is 24.2 Å². The van der Waals surface area contributed by atoms with Gasteiger partial charge in [-0.3, -0.25) is 0 Å². The van der Waals surface area contributed by atoms with E-state index in [9.17, 15) is 8.42 Å². The summed E-state index contributed by atoms with van der Waals surface area (Å²) in [7, 11) is -3.47.